The number of carbonyl (C=O) groups is 5. The summed E-state index contributed by atoms with van der Waals surface area (Å²) in [6, 6.07) is -0.869. The molecule has 5 N–H and O–H groups in total. The Morgan fingerprint density at radius 2 is 0.923 bits per heavy atom. The van der Waals surface area contributed by atoms with Gasteiger partial charge in [-0.2, -0.15) is 0 Å². The lowest BCUT2D eigenvalue weighted by atomic mass is 10.2. The maximum Gasteiger partial charge on any atom is 0.407 e. The third kappa shape index (κ3) is 26.2. The third-order valence-electron chi connectivity index (χ3n) is 8.07. The molecule has 52 heavy (non-hydrogen) atoms. The van der Waals surface area contributed by atoms with Gasteiger partial charge < -0.3 is 55.0 Å². The van der Waals surface area contributed by atoms with E-state index in [-0.39, 0.29) is 38.6 Å². The van der Waals surface area contributed by atoms with E-state index < -0.39 is 30.3 Å². The number of amides is 7. The first-order valence-corrected chi connectivity index (χ1v) is 19.2. The van der Waals surface area contributed by atoms with Crippen LogP contribution < -0.4 is 26.6 Å². The molecule has 2 aliphatic rings. The summed E-state index contributed by atoms with van der Waals surface area (Å²) < 4.78 is 30.5. The van der Waals surface area contributed by atoms with Crippen LogP contribution in [0, 0.1) is 0 Å². The fourth-order valence-corrected chi connectivity index (χ4v) is 4.76. The highest BCUT2D eigenvalue weighted by atomic mass is 16.6. The molecule has 17 heteroatoms. The number of nitrogens with one attached hydrogen (secondary N) is 5. The standard InChI is InChI=1S/C35H64N6O11/c1-2-3-22-47-23-24-48-33(44)38-18-12-6-4-10-16-36-31(42)41(21-15-9-8-14-20-40-35(46)52-28-30-26-50-30)32(43)37-17-11-5-7-13-19-39-34(45)51-27-29-25-49-29/h29-30H,2-28H2,1H3,(H,36,42)(H,37,43)(H,38,44)(H,39,45)(H,40,46). The molecule has 0 radical (unpaired) electrons. The molecule has 2 atom stereocenters. The van der Waals surface area contributed by atoms with Gasteiger partial charge in [-0.3, -0.25) is 0 Å². The van der Waals surface area contributed by atoms with Crippen LogP contribution in [0.1, 0.15) is 96.8 Å². The lowest BCUT2D eigenvalue weighted by Gasteiger charge is -2.22. The number of alkyl carbamates (subject to hydrolysis) is 3. The van der Waals surface area contributed by atoms with Crippen LogP contribution in [0.2, 0.25) is 0 Å². The fourth-order valence-electron chi connectivity index (χ4n) is 4.76. The average Bonchev–Trinajstić information content (AvgIpc) is 4.07. The second-order valence-corrected chi connectivity index (χ2v) is 12.8. The molecule has 0 aromatic rings. The largest absolute Gasteiger partial charge is 0.447 e. The Morgan fingerprint density at radius 1 is 0.519 bits per heavy atom. The maximum absolute atomic E-state index is 13.0. The van der Waals surface area contributed by atoms with Crippen molar-refractivity contribution in [2.75, 3.05) is 85.5 Å². The van der Waals surface area contributed by atoms with Crippen molar-refractivity contribution in [1.29, 1.82) is 0 Å². The summed E-state index contributed by atoms with van der Waals surface area (Å²) in [6.07, 6.45) is 10.3. The lowest BCUT2D eigenvalue weighted by molar-refractivity contribution is 0.0715. The van der Waals surface area contributed by atoms with Crippen LogP contribution in [0.15, 0.2) is 0 Å². The summed E-state index contributed by atoms with van der Waals surface area (Å²) in [5.74, 6) is 0. The van der Waals surface area contributed by atoms with Gasteiger partial charge in [0.15, 0.2) is 0 Å². The van der Waals surface area contributed by atoms with Crippen molar-refractivity contribution in [1.82, 2.24) is 31.5 Å². The maximum atomic E-state index is 13.0. The first kappa shape index (κ1) is 44.6. The predicted octanol–water partition coefficient (Wildman–Crippen LogP) is 4.18. The van der Waals surface area contributed by atoms with E-state index in [4.69, 9.17) is 28.4 Å². The third-order valence-corrected chi connectivity index (χ3v) is 8.07. The molecular weight excluding hydrogens is 680 g/mol. The van der Waals surface area contributed by atoms with Crippen molar-refractivity contribution in [2.45, 2.75) is 109 Å². The van der Waals surface area contributed by atoms with Crippen LogP contribution in [0.5, 0.6) is 0 Å². The number of hydrogen-bond donors (Lipinski definition) is 5. The molecule has 0 spiro atoms. The Balaban J connectivity index is 1.57. The summed E-state index contributed by atoms with van der Waals surface area (Å²) in [4.78, 5) is 62.3. The number of imide groups is 1. The van der Waals surface area contributed by atoms with E-state index in [2.05, 4.69) is 33.5 Å². The van der Waals surface area contributed by atoms with Crippen LogP contribution >= 0.6 is 0 Å². The number of nitrogens with zero attached hydrogens (tertiary/aromatic N) is 1. The quantitative estimate of drug-likeness (QED) is 0.0386. The van der Waals surface area contributed by atoms with Gasteiger partial charge in [-0.15, -0.1) is 0 Å². The van der Waals surface area contributed by atoms with Gasteiger partial charge in [-0.25, -0.2) is 28.9 Å². The Hall–Kier alpha value is -3.57. The van der Waals surface area contributed by atoms with Crippen LogP contribution in [0.4, 0.5) is 24.0 Å². The molecule has 2 aliphatic heterocycles. The van der Waals surface area contributed by atoms with E-state index in [0.29, 0.717) is 65.6 Å². The number of hydrogen-bond acceptors (Lipinski definition) is 11. The normalized spacial score (nSPS) is 15.6. The molecule has 2 heterocycles. The minimum Gasteiger partial charge on any atom is -0.447 e. The van der Waals surface area contributed by atoms with Gasteiger partial charge in [-0.1, -0.05) is 51.9 Å². The predicted molar refractivity (Wildman–Crippen MR) is 192 cm³/mol. The number of urea groups is 2. The van der Waals surface area contributed by atoms with Crippen LogP contribution in [0.3, 0.4) is 0 Å². The lowest BCUT2D eigenvalue weighted by Crippen LogP contribution is -2.49. The Kier molecular flexibility index (Phi) is 25.7. The van der Waals surface area contributed by atoms with Crippen molar-refractivity contribution in [2.24, 2.45) is 0 Å². The highest BCUT2D eigenvalue weighted by molar-refractivity contribution is 5.93. The molecule has 7 amide bonds. The Morgan fingerprint density at radius 3 is 1.35 bits per heavy atom. The molecule has 2 unspecified atom stereocenters. The van der Waals surface area contributed by atoms with Crippen molar-refractivity contribution in [3.05, 3.63) is 0 Å². The number of carbonyl (C=O) groups excluding carboxylic acids is 5. The number of epoxide rings is 2. The van der Waals surface area contributed by atoms with Gasteiger partial charge >= 0.3 is 30.3 Å². The highest BCUT2D eigenvalue weighted by Gasteiger charge is 2.25. The van der Waals surface area contributed by atoms with Gasteiger partial charge in [0.25, 0.3) is 0 Å². The monoisotopic (exact) mass is 744 g/mol. The zero-order valence-corrected chi connectivity index (χ0v) is 31.2. The Labute approximate surface area is 308 Å². The van der Waals surface area contributed by atoms with E-state index in [0.717, 1.165) is 83.5 Å². The first-order valence-electron chi connectivity index (χ1n) is 19.2. The van der Waals surface area contributed by atoms with Crippen molar-refractivity contribution in [3.63, 3.8) is 0 Å². The number of rotatable bonds is 31. The second kappa shape index (κ2) is 29.9. The van der Waals surface area contributed by atoms with E-state index in [1.54, 1.807) is 0 Å². The van der Waals surface area contributed by atoms with E-state index in [1.165, 1.54) is 4.90 Å². The second-order valence-electron chi connectivity index (χ2n) is 12.8. The summed E-state index contributed by atoms with van der Waals surface area (Å²) in [5, 5.41) is 13.9. The molecular formula is C35H64N6O11. The SMILES string of the molecule is CCCCOCCOC(=O)NCCCCCCNC(=O)N(CCCCCCNC(=O)OCC1CO1)C(=O)NCCCCCCNC(=O)OCC1CO1. The van der Waals surface area contributed by atoms with Gasteiger partial charge in [0, 0.05) is 45.9 Å². The van der Waals surface area contributed by atoms with Crippen LogP contribution in [-0.4, -0.2) is 133 Å². The topological polar surface area (TPSA) is 211 Å². The van der Waals surface area contributed by atoms with Gasteiger partial charge in [0.05, 0.1) is 19.8 Å². The summed E-state index contributed by atoms with van der Waals surface area (Å²) >= 11 is 0. The van der Waals surface area contributed by atoms with E-state index in [9.17, 15) is 24.0 Å². The minimum atomic E-state index is -0.456. The summed E-state index contributed by atoms with van der Waals surface area (Å²) in [6.45, 7) is 7.85. The Bertz CT molecular complexity index is 1000. The van der Waals surface area contributed by atoms with E-state index in [1.807, 2.05) is 0 Å². The fraction of sp³-hybridized carbons (Fsp3) is 0.857. The van der Waals surface area contributed by atoms with Crippen molar-refractivity contribution in [3.8, 4) is 0 Å². The van der Waals surface area contributed by atoms with E-state index >= 15 is 0 Å². The van der Waals surface area contributed by atoms with Crippen molar-refractivity contribution >= 4 is 30.3 Å². The van der Waals surface area contributed by atoms with Gasteiger partial charge in [0.2, 0.25) is 0 Å². The zero-order chi connectivity index (χ0) is 37.5. The van der Waals surface area contributed by atoms with Gasteiger partial charge in [0.1, 0.15) is 32.0 Å². The molecule has 0 saturated carbocycles. The minimum absolute atomic E-state index is 0.0275. The van der Waals surface area contributed by atoms with Crippen LogP contribution in [0.25, 0.3) is 0 Å². The molecule has 2 fully saturated rings. The first-order chi connectivity index (χ1) is 25.4. The molecule has 2 saturated heterocycles. The van der Waals surface area contributed by atoms with Crippen LogP contribution in [-0.2, 0) is 28.4 Å². The average molecular weight is 745 g/mol. The number of ether oxygens (including phenoxy) is 6. The zero-order valence-electron chi connectivity index (χ0n) is 31.2. The molecule has 300 valence electrons. The highest BCUT2D eigenvalue weighted by Crippen LogP contribution is 2.09. The van der Waals surface area contributed by atoms with Crippen molar-refractivity contribution < 1.29 is 52.4 Å². The molecule has 0 aromatic carbocycles. The molecule has 2 rings (SSSR count). The molecule has 0 bridgehead atoms. The smallest absolute Gasteiger partial charge is 0.407 e. The molecule has 17 nitrogen and oxygen atoms in total. The molecule has 0 aromatic heterocycles. The summed E-state index contributed by atoms with van der Waals surface area (Å²) in [7, 11) is 0. The molecule has 0 aliphatic carbocycles. The van der Waals surface area contributed by atoms with Gasteiger partial charge in [-0.05, 0) is 44.9 Å². The summed E-state index contributed by atoms with van der Waals surface area (Å²) in [5.41, 5.74) is 0. The number of unbranched alkanes of at least 4 members (excludes halogenated alkanes) is 10.